The van der Waals surface area contributed by atoms with Crippen molar-refractivity contribution >= 4 is 17.6 Å². The fourth-order valence-electron chi connectivity index (χ4n) is 0.384. The molecule has 0 fully saturated rings. The number of rotatable bonds is 4. The number of halogens is 1. The highest BCUT2D eigenvalue weighted by Gasteiger charge is 2.06. The van der Waals surface area contributed by atoms with Gasteiger partial charge < -0.3 is 4.74 Å². The van der Waals surface area contributed by atoms with Crippen molar-refractivity contribution in [2.75, 3.05) is 0 Å². The van der Waals surface area contributed by atoms with Crippen molar-refractivity contribution in [3.63, 3.8) is 0 Å². The lowest BCUT2D eigenvalue weighted by molar-refractivity contribution is -0.137. The van der Waals surface area contributed by atoms with E-state index in [2.05, 4.69) is 17.9 Å². The van der Waals surface area contributed by atoms with Gasteiger partial charge in [-0.1, -0.05) is 12.7 Å². The van der Waals surface area contributed by atoms with Crippen LogP contribution in [0.4, 0.5) is 0 Å². The summed E-state index contributed by atoms with van der Waals surface area (Å²) in [6.45, 7) is 6.63. The summed E-state index contributed by atoms with van der Waals surface area (Å²) in [5.41, 5.74) is 0. The SMILES string of the molecule is C=COC(=O)CC(Cl)C=C. The Labute approximate surface area is 65.1 Å². The van der Waals surface area contributed by atoms with Crippen LogP contribution in [0.2, 0.25) is 0 Å². The maximum absolute atomic E-state index is 10.6. The number of allylic oxidation sites excluding steroid dienone is 1. The van der Waals surface area contributed by atoms with E-state index >= 15 is 0 Å². The average Bonchev–Trinajstić information content (AvgIpc) is 1.88. The average molecular weight is 161 g/mol. The van der Waals surface area contributed by atoms with E-state index in [1.54, 1.807) is 0 Å². The van der Waals surface area contributed by atoms with Crippen molar-refractivity contribution < 1.29 is 9.53 Å². The third kappa shape index (κ3) is 4.15. The molecule has 0 aliphatic carbocycles. The second-order valence-corrected chi connectivity index (χ2v) is 2.17. The van der Waals surface area contributed by atoms with E-state index in [9.17, 15) is 4.79 Å². The Morgan fingerprint density at radius 1 is 1.70 bits per heavy atom. The maximum Gasteiger partial charge on any atom is 0.312 e. The van der Waals surface area contributed by atoms with Gasteiger partial charge in [-0.2, -0.15) is 0 Å². The predicted molar refractivity (Wildman–Crippen MR) is 40.7 cm³/mol. The largest absolute Gasteiger partial charge is 0.435 e. The third-order valence-corrected chi connectivity index (χ3v) is 1.16. The number of carbonyl (C=O) groups excluding carboxylic acids is 1. The first-order valence-electron chi connectivity index (χ1n) is 2.77. The summed E-state index contributed by atoms with van der Waals surface area (Å²) >= 11 is 5.54. The lowest BCUT2D eigenvalue weighted by Crippen LogP contribution is -2.06. The van der Waals surface area contributed by atoms with Gasteiger partial charge in [0.1, 0.15) is 0 Å². The first-order valence-corrected chi connectivity index (χ1v) is 3.21. The highest BCUT2D eigenvalue weighted by Crippen LogP contribution is 2.03. The maximum atomic E-state index is 10.6. The molecule has 0 saturated carbocycles. The van der Waals surface area contributed by atoms with Crippen LogP contribution in [0, 0.1) is 0 Å². The summed E-state index contributed by atoms with van der Waals surface area (Å²) in [5, 5.41) is -0.354. The van der Waals surface area contributed by atoms with Crippen LogP contribution in [0.5, 0.6) is 0 Å². The summed E-state index contributed by atoms with van der Waals surface area (Å²) in [6.07, 6.45) is 2.69. The van der Waals surface area contributed by atoms with Crippen LogP contribution in [0.15, 0.2) is 25.5 Å². The Morgan fingerprint density at radius 3 is 2.70 bits per heavy atom. The van der Waals surface area contributed by atoms with Gasteiger partial charge in [0.25, 0.3) is 0 Å². The topological polar surface area (TPSA) is 26.3 Å². The Morgan fingerprint density at radius 2 is 2.30 bits per heavy atom. The van der Waals surface area contributed by atoms with Gasteiger partial charge >= 0.3 is 5.97 Å². The number of carbonyl (C=O) groups is 1. The standard InChI is InChI=1S/C7H9ClO2/c1-3-6(8)5-7(9)10-4-2/h3-4,6H,1-2,5H2. The van der Waals surface area contributed by atoms with Crippen LogP contribution in [0.3, 0.4) is 0 Å². The van der Waals surface area contributed by atoms with E-state index < -0.39 is 5.97 Å². The molecular formula is C7H9ClO2. The second-order valence-electron chi connectivity index (χ2n) is 1.61. The van der Waals surface area contributed by atoms with E-state index in [1.807, 2.05) is 0 Å². The minimum Gasteiger partial charge on any atom is -0.435 e. The zero-order chi connectivity index (χ0) is 7.98. The fourth-order valence-corrected chi connectivity index (χ4v) is 0.510. The number of hydrogen-bond acceptors (Lipinski definition) is 2. The Balaban J connectivity index is 3.56. The molecule has 10 heavy (non-hydrogen) atoms. The Kier molecular flexibility index (Phi) is 4.67. The van der Waals surface area contributed by atoms with Gasteiger partial charge in [-0.05, 0) is 0 Å². The molecule has 0 rings (SSSR count). The van der Waals surface area contributed by atoms with Crippen LogP contribution >= 0.6 is 11.6 Å². The Bertz CT molecular complexity index is 143. The van der Waals surface area contributed by atoms with Crippen molar-refractivity contribution in [1.29, 1.82) is 0 Å². The number of ether oxygens (including phenoxy) is 1. The van der Waals surface area contributed by atoms with Crippen LogP contribution in [0.25, 0.3) is 0 Å². The summed E-state index contributed by atoms with van der Waals surface area (Å²) in [5.74, 6) is -0.394. The van der Waals surface area contributed by atoms with Crippen molar-refractivity contribution in [2.24, 2.45) is 0 Å². The molecule has 0 amide bonds. The van der Waals surface area contributed by atoms with Gasteiger partial charge in [0.05, 0.1) is 18.1 Å². The Hall–Kier alpha value is -0.760. The zero-order valence-electron chi connectivity index (χ0n) is 5.55. The molecule has 2 nitrogen and oxygen atoms in total. The first-order chi connectivity index (χ1) is 4.70. The molecule has 0 aromatic heterocycles. The predicted octanol–water partition coefficient (Wildman–Crippen LogP) is 1.86. The highest BCUT2D eigenvalue weighted by atomic mass is 35.5. The lowest BCUT2D eigenvalue weighted by Gasteiger charge is -1.99. The van der Waals surface area contributed by atoms with Crippen molar-refractivity contribution in [3.05, 3.63) is 25.5 Å². The molecule has 0 aromatic carbocycles. The molecule has 0 N–H and O–H groups in total. The number of alkyl halides is 1. The highest BCUT2D eigenvalue weighted by molar-refractivity contribution is 6.22. The van der Waals surface area contributed by atoms with Gasteiger partial charge in [0.2, 0.25) is 0 Å². The number of hydrogen-bond donors (Lipinski definition) is 0. The molecule has 1 atom stereocenters. The molecule has 0 aliphatic rings. The fraction of sp³-hybridized carbons (Fsp3) is 0.286. The second kappa shape index (κ2) is 5.06. The summed E-state index contributed by atoms with van der Waals surface area (Å²) in [6, 6.07) is 0. The van der Waals surface area contributed by atoms with Gasteiger partial charge in [-0.3, -0.25) is 4.79 Å². The molecule has 0 aromatic rings. The quantitative estimate of drug-likeness (QED) is 0.272. The molecule has 0 saturated heterocycles. The molecule has 0 radical (unpaired) electrons. The van der Waals surface area contributed by atoms with Crippen molar-refractivity contribution in [2.45, 2.75) is 11.8 Å². The van der Waals surface area contributed by atoms with Crippen LogP contribution in [-0.2, 0) is 9.53 Å². The molecule has 56 valence electrons. The van der Waals surface area contributed by atoms with Gasteiger partial charge in [0, 0.05) is 0 Å². The first kappa shape index (κ1) is 9.24. The third-order valence-electron chi connectivity index (χ3n) is 0.832. The van der Waals surface area contributed by atoms with Gasteiger partial charge in [-0.15, -0.1) is 18.2 Å². The molecule has 1 unspecified atom stereocenters. The number of esters is 1. The van der Waals surface area contributed by atoms with Gasteiger partial charge in [0.15, 0.2) is 0 Å². The van der Waals surface area contributed by atoms with Crippen molar-refractivity contribution in [3.8, 4) is 0 Å². The minimum absolute atomic E-state index is 0.136. The van der Waals surface area contributed by atoms with Crippen LogP contribution in [0.1, 0.15) is 6.42 Å². The van der Waals surface area contributed by atoms with Crippen LogP contribution in [-0.4, -0.2) is 11.3 Å². The minimum atomic E-state index is -0.394. The summed E-state index contributed by atoms with van der Waals surface area (Å²) in [4.78, 5) is 10.6. The molecular weight excluding hydrogens is 152 g/mol. The smallest absolute Gasteiger partial charge is 0.312 e. The molecule has 0 spiro atoms. The molecule has 0 aliphatic heterocycles. The van der Waals surface area contributed by atoms with Crippen LogP contribution < -0.4 is 0 Å². The summed E-state index contributed by atoms with van der Waals surface area (Å²) in [7, 11) is 0. The zero-order valence-corrected chi connectivity index (χ0v) is 6.30. The summed E-state index contributed by atoms with van der Waals surface area (Å²) < 4.78 is 4.41. The van der Waals surface area contributed by atoms with E-state index in [0.29, 0.717) is 0 Å². The molecule has 3 heteroatoms. The lowest BCUT2D eigenvalue weighted by atomic mass is 10.3. The van der Waals surface area contributed by atoms with E-state index in [1.165, 1.54) is 6.08 Å². The van der Waals surface area contributed by atoms with E-state index in [4.69, 9.17) is 11.6 Å². The monoisotopic (exact) mass is 160 g/mol. The van der Waals surface area contributed by atoms with Gasteiger partial charge in [-0.25, -0.2) is 0 Å². The molecule has 0 bridgehead atoms. The molecule has 0 heterocycles. The normalized spacial score (nSPS) is 11.7. The van der Waals surface area contributed by atoms with Crippen molar-refractivity contribution in [1.82, 2.24) is 0 Å². The van der Waals surface area contributed by atoms with E-state index in [0.717, 1.165) is 6.26 Å². The van der Waals surface area contributed by atoms with E-state index in [-0.39, 0.29) is 11.8 Å².